The lowest BCUT2D eigenvalue weighted by atomic mass is 10.3. The molecular formula is C21H26N2O3S. The Hall–Kier alpha value is -2.31. The number of nitrogens with zero attached hydrogens (tertiary/aromatic N) is 2. The van der Waals surface area contributed by atoms with Crippen LogP contribution in [-0.2, 0) is 21.1 Å². The highest BCUT2D eigenvalue weighted by atomic mass is 32.2. The first-order chi connectivity index (χ1) is 12.8. The highest BCUT2D eigenvalue weighted by Gasteiger charge is 2.31. The largest absolute Gasteiger partial charge is 0.383 e. The van der Waals surface area contributed by atoms with Crippen molar-refractivity contribution < 1.29 is 13.2 Å². The van der Waals surface area contributed by atoms with E-state index in [1.165, 1.54) is 0 Å². The van der Waals surface area contributed by atoms with Crippen LogP contribution in [0.5, 0.6) is 0 Å². The van der Waals surface area contributed by atoms with E-state index in [0.29, 0.717) is 28.8 Å². The molecule has 3 aromatic rings. The molecule has 1 aromatic carbocycles. The van der Waals surface area contributed by atoms with Crippen molar-refractivity contribution in [1.82, 2.24) is 9.13 Å². The number of hydrogen-bond donors (Lipinski definition) is 0. The summed E-state index contributed by atoms with van der Waals surface area (Å²) in [5.41, 5.74) is 3.70. The Balaban J connectivity index is 2.38. The van der Waals surface area contributed by atoms with E-state index in [4.69, 9.17) is 4.74 Å². The Morgan fingerprint density at radius 1 is 0.926 bits per heavy atom. The molecule has 0 unspecified atom stereocenters. The van der Waals surface area contributed by atoms with Gasteiger partial charge in [-0.3, -0.25) is 0 Å². The van der Waals surface area contributed by atoms with Crippen molar-refractivity contribution in [3.8, 4) is 5.82 Å². The van der Waals surface area contributed by atoms with Crippen LogP contribution >= 0.6 is 0 Å². The molecule has 0 N–H and O–H groups in total. The van der Waals surface area contributed by atoms with Gasteiger partial charge in [0.25, 0.3) is 0 Å². The van der Waals surface area contributed by atoms with Crippen molar-refractivity contribution in [3.63, 3.8) is 0 Å². The lowest BCUT2D eigenvalue weighted by molar-refractivity contribution is 0.186. The normalized spacial score (nSPS) is 11.9. The van der Waals surface area contributed by atoms with Crippen molar-refractivity contribution >= 4 is 9.84 Å². The van der Waals surface area contributed by atoms with Gasteiger partial charge in [0.2, 0.25) is 9.84 Å². The van der Waals surface area contributed by atoms with E-state index in [2.05, 4.69) is 4.57 Å². The molecule has 0 bridgehead atoms. The van der Waals surface area contributed by atoms with E-state index < -0.39 is 9.84 Å². The second-order valence-corrected chi connectivity index (χ2v) is 8.66. The van der Waals surface area contributed by atoms with Gasteiger partial charge in [0.1, 0.15) is 10.7 Å². The van der Waals surface area contributed by atoms with Gasteiger partial charge >= 0.3 is 0 Å². The van der Waals surface area contributed by atoms with E-state index in [-0.39, 0.29) is 0 Å². The van der Waals surface area contributed by atoms with Crippen LogP contribution in [0.4, 0.5) is 0 Å². The van der Waals surface area contributed by atoms with Gasteiger partial charge < -0.3 is 13.9 Å². The van der Waals surface area contributed by atoms with Crippen LogP contribution in [0.15, 0.2) is 52.3 Å². The summed E-state index contributed by atoms with van der Waals surface area (Å²) in [6, 6.07) is 12.6. The molecule has 0 atom stereocenters. The van der Waals surface area contributed by atoms with Crippen LogP contribution < -0.4 is 0 Å². The molecule has 0 saturated carbocycles. The fraction of sp³-hybridized carbons (Fsp3) is 0.333. The van der Waals surface area contributed by atoms with E-state index >= 15 is 0 Å². The summed E-state index contributed by atoms with van der Waals surface area (Å²) in [6.45, 7) is 8.92. The fourth-order valence-corrected chi connectivity index (χ4v) is 5.28. The van der Waals surface area contributed by atoms with Crippen molar-refractivity contribution in [2.75, 3.05) is 13.7 Å². The minimum absolute atomic E-state index is 0.306. The minimum atomic E-state index is -3.67. The number of aromatic nitrogens is 2. The topological polar surface area (TPSA) is 53.2 Å². The molecule has 0 aliphatic heterocycles. The molecule has 0 spiro atoms. The summed E-state index contributed by atoms with van der Waals surface area (Å²) >= 11 is 0. The van der Waals surface area contributed by atoms with Crippen LogP contribution in [0.25, 0.3) is 5.82 Å². The Labute approximate surface area is 161 Å². The number of benzene rings is 1. The maximum atomic E-state index is 13.6. The van der Waals surface area contributed by atoms with Gasteiger partial charge in [-0.2, -0.15) is 0 Å². The molecule has 0 saturated heterocycles. The SMILES string of the molecule is COCCn1c(C)c(C)c(S(=O)(=O)c2ccccc2)c1-n1c(C)ccc1C. The highest BCUT2D eigenvalue weighted by Crippen LogP contribution is 2.35. The second-order valence-electron chi connectivity index (χ2n) is 6.78. The van der Waals surface area contributed by atoms with Crippen LogP contribution in [0, 0.1) is 27.7 Å². The van der Waals surface area contributed by atoms with Crippen molar-refractivity contribution in [2.45, 2.75) is 44.0 Å². The molecule has 0 aliphatic carbocycles. The van der Waals surface area contributed by atoms with Gasteiger partial charge in [-0.25, -0.2) is 8.42 Å². The molecule has 0 amide bonds. The molecule has 0 fully saturated rings. The Bertz CT molecular complexity index is 1040. The summed E-state index contributed by atoms with van der Waals surface area (Å²) < 4.78 is 36.5. The van der Waals surface area contributed by atoms with Crippen LogP contribution in [-0.4, -0.2) is 31.3 Å². The zero-order chi connectivity index (χ0) is 19.8. The van der Waals surface area contributed by atoms with Crippen molar-refractivity contribution in [1.29, 1.82) is 0 Å². The summed E-state index contributed by atoms with van der Waals surface area (Å²) in [4.78, 5) is 0.672. The standard InChI is InChI=1S/C21H26N2O3S/c1-15-11-12-16(2)23(15)21-20(17(3)18(4)22(21)13-14-26-5)27(24,25)19-9-7-6-8-10-19/h6-12H,13-14H2,1-5H3. The third kappa shape index (κ3) is 3.24. The van der Waals surface area contributed by atoms with Crippen LogP contribution in [0.1, 0.15) is 22.6 Å². The molecule has 5 nitrogen and oxygen atoms in total. The molecule has 2 heterocycles. The van der Waals surface area contributed by atoms with Gasteiger partial charge in [-0.15, -0.1) is 0 Å². The van der Waals surface area contributed by atoms with Crippen molar-refractivity contribution in [3.05, 3.63) is 65.1 Å². The average Bonchev–Trinajstić information content (AvgIpc) is 3.10. The molecule has 2 aromatic heterocycles. The maximum absolute atomic E-state index is 13.6. The molecule has 0 radical (unpaired) electrons. The Morgan fingerprint density at radius 3 is 2.07 bits per heavy atom. The quantitative estimate of drug-likeness (QED) is 0.644. The summed E-state index contributed by atoms with van der Waals surface area (Å²) in [6.07, 6.45) is 0. The Morgan fingerprint density at radius 2 is 1.52 bits per heavy atom. The summed E-state index contributed by atoms with van der Waals surface area (Å²) in [5.74, 6) is 0.686. The smallest absolute Gasteiger partial charge is 0.210 e. The van der Waals surface area contributed by atoms with E-state index in [9.17, 15) is 8.42 Å². The monoisotopic (exact) mass is 386 g/mol. The highest BCUT2D eigenvalue weighted by molar-refractivity contribution is 7.91. The number of ether oxygens (including phenoxy) is 1. The molecular weight excluding hydrogens is 360 g/mol. The molecule has 144 valence electrons. The van der Waals surface area contributed by atoms with E-state index in [0.717, 1.165) is 22.6 Å². The zero-order valence-corrected chi connectivity index (χ0v) is 17.3. The number of rotatable bonds is 6. The van der Waals surface area contributed by atoms with Gasteiger partial charge in [-0.05, 0) is 57.5 Å². The van der Waals surface area contributed by atoms with E-state index in [1.54, 1.807) is 31.4 Å². The van der Waals surface area contributed by atoms with Crippen molar-refractivity contribution in [2.24, 2.45) is 0 Å². The third-order valence-corrected chi connectivity index (χ3v) is 6.99. The number of methoxy groups -OCH3 is 1. The van der Waals surface area contributed by atoms with Gasteiger partial charge in [0.05, 0.1) is 11.5 Å². The average molecular weight is 387 g/mol. The summed E-state index contributed by atoms with van der Waals surface area (Å²) in [5, 5.41) is 0. The lowest BCUT2D eigenvalue weighted by Crippen LogP contribution is -2.15. The predicted octanol–water partition coefficient (Wildman–Crippen LogP) is 3.99. The second kappa shape index (κ2) is 7.37. The Kier molecular flexibility index (Phi) is 5.31. The van der Waals surface area contributed by atoms with Crippen LogP contribution in [0.2, 0.25) is 0 Å². The van der Waals surface area contributed by atoms with E-state index in [1.807, 2.05) is 50.5 Å². The first-order valence-electron chi connectivity index (χ1n) is 8.94. The zero-order valence-electron chi connectivity index (χ0n) is 16.5. The molecule has 0 aliphatic rings. The van der Waals surface area contributed by atoms with Crippen LogP contribution in [0.3, 0.4) is 0 Å². The number of aryl methyl sites for hydroxylation is 2. The number of sulfone groups is 1. The molecule has 27 heavy (non-hydrogen) atoms. The first-order valence-corrected chi connectivity index (χ1v) is 10.4. The third-order valence-electron chi connectivity index (χ3n) is 5.07. The maximum Gasteiger partial charge on any atom is 0.210 e. The van der Waals surface area contributed by atoms with Gasteiger partial charge in [-0.1, -0.05) is 18.2 Å². The summed E-state index contributed by atoms with van der Waals surface area (Å²) in [7, 11) is -2.02. The molecule has 6 heteroatoms. The van der Waals surface area contributed by atoms with Gasteiger partial charge in [0.15, 0.2) is 0 Å². The van der Waals surface area contributed by atoms with Gasteiger partial charge in [0, 0.05) is 30.7 Å². The number of hydrogen-bond acceptors (Lipinski definition) is 3. The lowest BCUT2D eigenvalue weighted by Gasteiger charge is -2.17. The minimum Gasteiger partial charge on any atom is -0.383 e. The molecule has 3 rings (SSSR count). The first kappa shape index (κ1) is 19.5. The fourth-order valence-electron chi connectivity index (χ4n) is 3.54. The predicted molar refractivity (Wildman–Crippen MR) is 106 cm³/mol.